The van der Waals surface area contributed by atoms with Crippen LogP contribution in [0.1, 0.15) is 91.9 Å². The monoisotopic (exact) mass is 654 g/mol. The fourth-order valence-electron chi connectivity index (χ4n) is 9.08. The highest BCUT2D eigenvalue weighted by Gasteiger charge is 2.42. The molecule has 3 aromatic carbocycles. The van der Waals surface area contributed by atoms with Gasteiger partial charge in [-0.1, -0.05) is 45.4 Å². The molecule has 2 aliphatic heterocycles. The van der Waals surface area contributed by atoms with Crippen molar-refractivity contribution in [2.45, 2.75) is 90.3 Å². The molecule has 0 saturated heterocycles. The molecule has 7 nitrogen and oxygen atoms in total. The van der Waals surface area contributed by atoms with E-state index in [1.165, 1.54) is 5.56 Å². The van der Waals surface area contributed by atoms with E-state index in [0.717, 1.165) is 95.4 Å². The number of allylic oxidation sites excluding steroid dienone is 2. The molecule has 2 heterocycles. The van der Waals surface area contributed by atoms with Gasteiger partial charge in [-0.3, -0.25) is 0 Å². The van der Waals surface area contributed by atoms with Crippen LogP contribution in [0.5, 0.6) is 28.7 Å². The molecule has 4 N–H and O–H groups in total. The van der Waals surface area contributed by atoms with E-state index in [1.807, 2.05) is 18.2 Å². The normalized spacial score (nSPS) is 25.7. The maximum Gasteiger partial charge on any atom is 0.164 e. The third kappa shape index (κ3) is 5.73. The molecular formula is C41H50O7. The summed E-state index contributed by atoms with van der Waals surface area (Å²) in [6.07, 6.45) is 9.63. The van der Waals surface area contributed by atoms with Crippen LogP contribution in [0, 0.1) is 23.7 Å². The molecule has 7 rings (SSSR count). The van der Waals surface area contributed by atoms with Crippen LogP contribution in [0.2, 0.25) is 0 Å². The fraction of sp³-hybridized carbons (Fsp3) is 0.512. The highest BCUT2D eigenvalue weighted by molar-refractivity contribution is 5.83. The van der Waals surface area contributed by atoms with Crippen molar-refractivity contribution in [3.63, 3.8) is 0 Å². The number of aliphatic hydroxyl groups excluding tert-OH is 2. The minimum atomic E-state index is -0.803. The van der Waals surface area contributed by atoms with E-state index in [2.05, 4.69) is 39.0 Å². The number of methoxy groups -OCH3 is 1. The maximum absolute atomic E-state index is 11.9. The molecule has 0 radical (unpaired) electrons. The second-order valence-electron chi connectivity index (χ2n) is 14.8. The molecule has 0 saturated carbocycles. The van der Waals surface area contributed by atoms with Crippen LogP contribution >= 0.6 is 0 Å². The van der Waals surface area contributed by atoms with E-state index in [0.29, 0.717) is 42.3 Å². The molecule has 7 heteroatoms. The molecule has 0 unspecified atom stereocenters. The first-order valence-corrected chi connectivity index (χ1v) is 17.9. The SMILES string of the molecule is CC[C@@H]1C[C@H]([C@@H]2Cc3cc(O)c(CC(C)C)cc3-c3c(OC)cc4c(c32)C[C@@H](O)[C@H](c2ccc(O)c3c2CCCO3)O4)C=C[C@@H]1CCO. The van der Waals surface area contributed by atoms with Crippen LogP contribution in [0.25, 0.3) is 11.1 Å². The Hall–Kier alpha value is -3.68. The Morgan fingerprint density at radius 2 is 1.85 bits per heavy atom. The average molecular weight is 655 g/mol. The number of hydrogen-bond donors (Lipinski definition) is 4. The molecule has 0 aromatic heterocycles. The van der Waals surface area contributed by atoms with Gasteiger partial charge < -0.3 is 34.6 Å². The van der Waals surface area contributed by atoms with Crippen LogP contribution in [-0.2, 0) is 25.7 Å². The number of phenolic OH excluding ortho intramolecular Hbond substituents is 2. The number of aromatic hydroxyl groups is 2. The summed E-state index contributed by atoms with van der Waals surface area (Å²) in [6, 6.07) is 9.61. The van der Waals surface area contributed by atoms with Gasteiger partial charge in [0.2, 0.25) is 0 Å². The van der Waals surface area contributed by atoms with Crippen LogP contribution in [0.4, 0.5) is 0 Å². The smallest absolute Gasteiger partial charge is 0.164 e. The number of rotatable bonds is 8. The van der Waals surface area contributed by atoms with Gasteiger partial charge in [0.25, 0.3) is 0 Å². The average Bonchev–Trinajstić information content (AvgIpc) is 3.08. The van der Waals surface area contributed by atoms with Crippen LogP contribution in [-0.4, -0.2) is 46.9 Å². The molecule has 256 valence electrons. The summed E-state index contributed by atoms with van der Waals surface area (Å²) < 4.78 is 18.8. The molecule has 0 fully saturated rings. The lowest BCUT2D eigenvalue weighted by atomic mass is 9.64. The van der Waals surface area contributed by atoms with Gasteiger partial charge in [0.05, 0.1) is 19.8 Å². The first-order valence-electron chi connectivity index (χ1n) is 17.9. The third-order valence-electron chi connectivity index (χ3n) is 11.3. The Labute approximate surface area is 284 Å². The van der Waals surface area contributed by atoms with Crippen molar-refractivity contribution in [1.82, 2.24) is 0 Å². The summed E-state index contributed by atoms with van der Waals surface area (Å²) in [7, 11) is 1.71. The Balaban J connectivity index is 1.39. The lowest BCUT2D eigenvalue weighted by Crippen LogP contribution is -2.34. The van der Waals surface area contributed by atoms with Gasteiger partial charge in [-0.2, -0.15) is 0 Å². The molecule has 0 amide bonds. The Morgan fingerprint density at radius 1 is 1.02 bits per heavy atom. The summed E-state index contributed by atoms with van der Waals surface area (Å²) in [5.41, 5.74) is 8.11. The van der Waals surface area contributed by atoms with Gasteiger partial charge in [0.1, 0.15) is 17.2 Å². The quantitative estimate of drug-likeness (QED) is 0.186. The molecule has 2 aliphatic carbocycles. The predicted molar refractivity (Wildman–Crippen MR) is 186 cm³/mol. The minimum Gasteiger partial charge on any atom is -0.508 e. The topological polar surface area (TPSA) is 109 Å². The van der Waals surface area contributed by atoms with E-state index >= 15 is 0 Å². The minimum absolute atomic E-state index is 0.0919. The van der Waals surface area contributed by atoms with E-state index in [-0.39, 0.29) is 24.2 Å². The summed E-state index contributed by atoms with van der Waals surface area (Å²) in [4.78, 5) is 0. The molecule has 6 atom stereocenters. The third-order valence-corrected chi connectivity index (χ3v) is 11.3. The number of aliphatic hydroxyl groups is 2. The number of benzene rings is 3. The lowest BCUT2D eigenvalue weighted by molar-refractivity contribution is 0.0192. The zero-order valence-electron chi connectivity index (χ0n) is 28.7. The molecule has 0 bridgehead atoms. The zero-order valence-corrected chi connectivity index (χ0v) is 28.7. The van der Waals surface area contributed by atoms with Crippen molar-refractivity contribution >= 4 is 0 Å². The lowest BCUT2D eigenvalue weighted by Gasteiger charge is -2.42. The highest BCUT2D eigenvalue weighted by Crippen LogP contribution is 2.56. The van der Waals surface area contributed by atoms with Crippen LogP contribution in [0.3, 0.4) is 0 Å². The highest BCUT2D eigenvalue weighted by atomic mass is 16.5. The molecule has 0 spiro atoms. The Bertz CT molecular complexity index is 1710. The second-order valence-corrected chi connectivity index (χ2v) is 14.8. The van der Waals surface area contributed by atoms with Gasteiger partial charge in [-0.05, 0) is 109 Å². The molecule has 3 aromatic rings. The Morgan fingerprint density at radius 3 is 2.60 bits per heavy atom. The van der Waals surface area contributed by atoms with E-state index in [4.69, 9.17) is 14.2 Å². The summed E-state index contributed by atoms with van der Waals surface area (Å²) in [6.45, 7) is 7.31. The van der Waals surface area contributed by atoms with E-state index < -0.39 is 12.2 Å². The summed E-state index contributed by atoms with van der Waals surface area (Å²) >= 11 is 0. The van der Waals surface area contributed by atoms with Crippen LogP contribution < -0.4 is 14.2 Å². The van der Waals surface area contributed by atoms with E-state index in [1.54, 1.807) is 13.2 Å². The van der Waals surface area contributed by atoms with Crippen molar-refractivity contribution in [1.29, 1.82) is 0 Å². The Kier molecular flexibility index (Phi) is 9.12. The maximum atomic E-state index is 11.9. The number of phenols is 2. The van der Waals surface area contributed by atoms with Crippen LogP contribution in [0.15, 0.2) is 42.5 Å². The molecule has 48 heavy (non-hydrogen) atoms. The van der Waals surface area contributed by atoms with Crippen molar-refractivity contribution in [2.24, 2.45) is 23.7 Å². The number of hydrogen-bond acceptors (Lipinski definition) is 7. The van der Waals surface area contributed by atoms with Gasteiger partial charge in [0, 0.05) is 41.3 Å². The van der Waals surface area contributed by atoms with Crippen molar-refractivity contribution in [3.8, 4) is 39.9 Å². The molecule has 4 aliphatic rings. The van der Waals surface area contributed by atoms with Gasteiger partial charge in [-0.15, -0.1) is 0 Å². The molecular weight excluding hydrogens is 604 g/mol. The van der Waals surface area contributed by atoms with E-state index in [9.17, 15) is 20.4 Å². The zero-order chi connectivity index (χ0) is 33.7. The standard InChI is InChI=1S/C41H50O7/c1-5-23-16-25(9-8-24(23)12-13-42)30-17-26-19-34(44)27(15-22(2)3)18-31(26)39-37(46-4)21-36-32(38(30)39)20-35(45)41(48-36)29-10-11-33(43)40-28(29)7-6-14-47-40/h8-11,18-19,21-25,30,35,41-45H,5-7,12-17,20H2,1-4H3/t23-,24-,25-,30+,35-,41+/m1/s1. The van der Waals surface area contributed by atoms with Gasteiger partial charge in [-0.25, -0.2) is 0 Å². The fourth-order valence-corrected chi connectivity index (χ4v) is 9.08. The number of fused-ring (bicyclic) bond motifs is 6. The first-order chi connectivity index (χ1) is 23.2. The van der Waals surface area contributed by atoms with Crippen molar-refractivity contribution in [3.05, 3.63) is 75.9 Å². The number of ether oxygens (including phenoxy) is 3. The largest absolute Gasteiger partial charge is 0.508 e. The predicted octanol–water partition coefficient (Wildman–Crippen LogP) is 7.57. The first kappa shape index (κ1) is 32.8. The summed E-state index contributed by atoms with van der Waals surface area (Å²) in [5, 5.41) is 43.3. The van der Waals surface area contributed by atoms with Gasteiger partial charge in [0.15, 0.2) is 17.6 Å². The second kappa shape index (κ2) is 13.3. The summed E-state index contributed by atoms with van der Waals surface area (Å²) in [5.74, 6) is 3.95. The van der Waals surface area contributed by atoms with Crippen molar-refractivity contribution < 1.29 is 34.6 Å². The van der Waals surface area contributed by atoms with Gasteiger partial charge >= 0.3 is 0 Å². The van der Waals surface area contributed by atoms with Crippen molar-refractivity contribution in [2.75, 3.05) is 20.3 Å².